The molecule has 1 saturated heterocycles. The molecule has 1 fully saturated rings. The van der Waals surface area contributed by atoms with Crippen molar-refractivity contribution >= 4 is 11.8 Å². The minimum atomic E-state index is -0.318. The quantitative estimate of drug-likeness (QED) is 0.687. The van der Waals surface area contributed by atoms with Crippen LogP contribution in [0.3, 0.4) is 0 Å². The van der Waals surface area contributed by atoms with Crippen molar-refractivity contribution in [1.29, 1.82) is 0 Å². The highest BCUT2D eigenvalue weighted by Gasteiger charge is 2.34. The first kappa shape index (κ1) is 16.0. The molecule has 2 unspecified atom stereocenters. The molecule has 1 N–H and O–H groups in total. The lowest BCUT2D eigenvalue weighted by molar-refractivity contribution is -0.145. The number of unbranched alkanes of at least 4 members (excludes halogenated alkanes) is 4. The maximum Gasteiger partial charge on any atom is 0.245 e. The van der Waals surface area contributed by atoms with E-state index in [1.54, 1.807) is 4.90 Å². The topological polar surface area (TPSA) is 49.4 Å². The Bertz CT molecular complexity index is 305. The highest BCUT2D eigenvalue weighted by atomic mass is 16.2. The molecular formula is C15H28N2O2. The largest absolute Gasteiger partial charge is 0.342 e. The molecule has 0 aliphatic carbocycles. The van der Waals surface area contributed by atoms with Gasteiger partial charge in [0.05, 0.1) is 6.54 Å². The van der Waals surface area contributed by atoms with Crippen LogP contribution in [0.4, 0.5) is 0 Å². The van der Waals surface area contributed by atoms with Crippen molar-refractivity contribution < 1.29 is 9.59 Å². The van der Waals surface area contributed by atoms with Gasteiger partial charge in [-0.1, -0.05) is 52.9 Å². The number of carbonyl (C=O) groups excluding carboxylic acids is 2. The van der Waals surface area contributed by atoms with Gasteiger partial charge in [0.15, 0.2) is 0 Å². The van der Waals surface area contributed by atoms with E-state index in [0.29, 0.717) is 0 Å². The molecule has 0 aromatic carbocycles. The first-order chi connectivity index (χ1) is 9.10. The van der Waals surface area contributed by atoms with E-state index in [-0.39, 0.29) is 30.3 Å². The average Bonchev–Trinajstić information content (AvgIpc) is 2.41. The smallest absolute Gasteiger partial charge is 0.245 e. The van der Waals surface area contributed by atoms with Crippen LogP contribution in [0.25, 0.3) is 0 Å². The van der Waals surface area contributed by atoms with Crippen LogP contribution in [0.2, 0.25) is 0 Å². The third-order valence-electron chi connectivity index (χ3n) is 3.97. The van der Waals surface area contributed by atoms with E-state index in [9.17, 15) is 9.59 Å². The number of piperazine rings is 1. The molecule has 1 rings (SSSR count). The summed E-state index contributed by atoms with van der Waals surface area (Å²) in [4.78, 5) is 25.7. The van der Waals surface area contributed by atoms with Crippen LogP contribution in [0, 0.1) is 5.92 Å². The Morgan fingerprint density at radius 1 is 1.21 bits per heavy atom. The Labute approximate surface area is 116 Å². The Kier molecular flexibility index (Phi) is 6.89. The van der Waals surface area contributed by atoms with Gasteiger partial charge in [0.2, 0.25) is 11.8 Å². The van der Waals surface area contributed by atoms with Crippen LogP contribution in [-0.4, -0.2) is 35.8 Å². The Morgan fingerprint density at radius 3 is 2.53 bits per heavy atom. The number of carbonyl (C=O) groups is 2. The monoisotopic (exact) mass is 268 g/mol. The van der Waals surface area contributed by atoms with Gasteiger partial charge in [0.1, 0.15) is 6.04 Å². The fourth-order valence-electron chi connectivity index (χ4n) is 2.45. The number of rotatable bonds is 8. The summed E-state index contributed by atoms with van der Waals surface area (Å²) in [5, 5.41) is 2.83. The normalized spacial score (nSPS) is 21.4. The van der Waals surface area contributed by atoms with Gasteiger partial charge in [-0.05, 0) is 12.3 Å². The summed E-state index contributed by atoms with van der Waals surface area (Å²) in [6.45, 7) is 7.22. The zero-order valence-electron chi connectivity index (χ0n) is 12.6. The molecule has 2 atom stereocenters. The van der Waals surface area contributed by atoms with Gasteiger partial charge < -0.3 is 10.2 Å². The fraction of sp³-hybridized carbons (Fsp3) is 0.867. The van der Waals surface area contributed by atoms with E-state index in [2.05, 4.69) is 12.2 Å². The Balaban J connectivity index is 2.43. The second-order valence-corrected chi connectivity index (χ2v) is 5.60. The third kappa shape index (κ3) is 4.84. The Morgan fingerprint density at radius 2 is 1.89 bits per heavy atom. The van der Waals surface area contributed by atoms with E-state index in [0.717, 1.165) is 25.8 Å². The van der Waals surface area contributed by atoms with Gasteiger partial charge in [0, 0.05) is 6.54 Å². The zero-order valence-corrected chi connectivity index (χ0v) is 12.6. The summed E-state index contributed by atoms with van der Waals surface area (Å²) in [6, 6.07) is -0.318. The third-order valence-corrected chi connectivity index (χ3v) is 3.97. The zero-order chi connectivity index (χ0) is 14.3. The molecule has 0 aromatic rings. The molecule has 4 heteroatoms. The van der Waals surface area contributed by atoms with Crippen molar-refractivity contribution in [2.45, 2.75) is 65.3 Å². The van der Waals surface area contributed by atoms with Gasteiger partial charge in [-0.15, -0.1) is 0 Å². The summed E-state index contributed by atoms with van der Waals surface area (Å²) >= 11 is 0. The molecule has 0 aromatic heterocycles. The number of nitrogens with zero attached hydrogens (tertiary/aromatic N) is 1. The van der Waals surface area contributed by atoms with Crippen LogP contribution in [-0.2, 0) is 9.59 Å². The average molecular weight is 268 g/mol. The molecular weight excluding hydrogens is 240 g/mol. The maximum absolute atomic E-state index is 12.3. The van der Waals surface area contributed by atoms with Gasteiger partial charge in [-0.3, -0.25) is 9.59 Å². The van der Waals surface area contributed by atoms with Crippen LogP contribution in [0.5, 0.6) is 0 Å². The SMILES string of the molecule is CCCCCCCN1CC(=O)NC(C(C)CC)C1=O. The fourth-order valence-corrected chi connectivity index (χ4v) is 2.45. The summed E-state index contributed by atoms with van der Waals surface area (Å²) in [7, 11) is 0. The van der Waals surface area contributed by atoms with Crippen molar-refractivity contribution in [3.8, 4) is 0 Å². The lowest BCUT2D eigenvalue weighted by Gasteiger charge is -2.35. The maximum atomic E-state index is 12.3. The lowest BCUT2D eigenvalue weighted by Crippen LogP contribution is -2.60. The molecule has 2 amide bonds. The molecule has 0 bridgehead atoms. The van der Waals surface area contributed by atoms with Gasteiger partial charge in [-0.25, -0.2) is 0 Å². The minimum absolute atomic E-state index is 0.0153. The van der Waals surface area contributed by atoms with Crippen molar-refractivity contribution in [3.05, 3.63) is 0 Å². The molecule has 19 heavy (non-hydrogen) atoms. The predicted molar refractivity (Wildman–Crippen MR) is 76.7 cm³/mol. The molecule has 0 spiro atoms. The van der Waals surface area contributed by atoms with Crippen molar-refractivity contribution in [2.75, 3.05) is 13.1 Å². The van der Waals surface area contributed by atoms with Crippen LogP contribution in [0.1, 0.15) is 59.3 Å². The number of hydrogen-bond donors (Lipinski definition) is 1. The molecule has 0 radical (unpaired) electrons. The number of nitrogens with one attached hydrogen (secondary N) is 1. The summed E-state index contributed by atoms with van der Waals surface area (Å²) in [5.74, 6) is 0.294. The summed E-state index contributed by atoms with van der Waals surface area (Å²) in [6.07, 6.45) is 6.76. The van der Waals surface area contributed by atoms with E-state index in [1.807, 2.05) is 13.8 Å². The molecule has 110 valence electrons. The molecule has 4 nitrogen and oxygen atoms in total. The molecule has 1 aliphatic rings. The molecule has 1 heterocycles. The van der Waals surface area contributed by atoms with Crippen molar-refractivity contribution in [2.24, 2.45) is 5.92 Å². The van der Waals surface area contributed by atoms with E-state index >= 15 is 0 Å². The second-order valence-electron chi connectivity index (χ2n) is 5.60. The van der Waals surface area contributed by atoms with Gasteiger partial charge >= 0.3 is 0 Å². The van der Waals surface area contributed by atoms with Gasteiger partial charge in [-0.2, -0.15) is 0 Å². The lowest BCUT2D eigenvalue weighted by atomic mass is 9.96. The first-order valence-corrected chi connectivity index (χ1v) is 7.68. The highest BCUT2D eigenvalue weighted by molar-refractivity contribution is 5.94. The Hall–Kier alpha value is -1.06. The van der Waals surface area contributed by atoms with Gasteiger partial charge in [0.25, 0.3) is 0 Å². The highest BCUT2D eigenvalue weighted by Crippen LogP contribution is 2.15. The van der Waals surface area contributed by atoms with E-state index in [4.69, 9.17) is 0 Å². The molecule has 1 aliphatic heterocycles. The summed E-state index contributed by atoms with van der Waals surface area (Å²) in [5.41, 5.74) is 0. The minimum Gasteiger partial charge on any atom is -0.342 e. The standard InChI is InChI=1S/C15H28N2O2/c1-4-6-7-8-9-10-17-11-13(18)16-14(15(17)19)12(3)5-2/h12,14H,4-11H2,1-3H3,(H,16,18). The summed E-state index contributed by atoms with van der Waals surface area (Å²) < 4.78 is 0. The predicted octanol–water partition coefficient (Wildman–Crippen LogP) is 2.33. The van der Waals surface area contributed by atoms with Crippen molar-refractivity contribution in [1.82, 2.24) is 10.2 Å². The van der Waals surface area contributed by atoms with Crippen LogP contribution >= 0.6 is 0 Å². The van der Waals surface area contributed by atoms with Crippen molar-refractivity contribution in [3.63, 3.8) is 0 Å². The number of amides is 2. The van der Waals surface area contributed by atoms with Crippen LogP contribution in [0.15, 0.2) is 0 Å². The molecule has 0 saturated carbocycles. The van der Waals surface area contributed by atoms with Crippen LogP contribution < -0.4 is 5.32 Å². The number of hydrogen-bond acceptors (Lipinski definition) is 2. The second kappa shape index (κ2) is 8.18. The first-order valence-electron chi connectivity index (χ1n) is 7.68. The van der Waals surface area contributed by atoms with E-state index < -0.39 is 0 Å². The van der Waals surface area contributed by atoms with E-state index in [1.165, 1.54) is 19.3 Å².